The molecule has 0 fully saturated rings. The molecule has 1 unspecified atom stereocenters. The fourth-order valence-corrected chi connectivity index (χ4v) is 5.74. The summed E-state index contributed by atoms with van der Waals surface area (Å²) in [5.74, 6) is -0.517. The van der Waals surface area contributed by atoms with Gasteiger partial charge in [0.05, 0.1) is 17.2 Å². The fourth-order valence-electron chi connectivity index (χ4n) is 4.32. The molecule has 1 atom stereocenters. The molecule has 0 aliphatic rings. The van der Waals surface area contributed by atoms with Crippen LogP contribution in [0.1, 0.15) is 51.3 Å². The smallest absolute Gasteiger partial charge is 0.264 e. The van der Waals surface area contributed by atoms with Crippen molar-refractivity contribution >= 4 is 27.5 Å². The molecule has 0 spiro atoms. The predicted octanol–water partition coefficient (Wildman–Crippen LogP) is 5.23. The SMILES string of the molecule is CCOc1ccccc1N(CC(=O)N(Cc1ccccc1C)C(C)C(=O)NC(C)(C)C)S(=O)(=O)c1ccc(C)cc1. The van der Waals surface area contributed by atoms with Crippen LogP contribution in [0.25, 0.3) is 0 Å². The van der Waals surface area contributed by atoms with Crippen molar-refractivity contribution in [3.05, 3.63) is 89.5 Å². The van der Waals surface area contributed by atoms with E-state index in [9.17, 15) is 18.0 Å². The lowest BCUT2D eigenvalue weighted by Gasteiger charge is -2.34. The summed E-state index contributed by atoms with van der Waals surface area (Å²) in [4.78, 5) is 28.9. The van der Waals surface area contributed by atoms with Gasteiger partial charge in [0.2, 0.25) is 11.8 Å². The number of carbonyl (C=O) groups excluding carboxylic acids is 2. The van der Waals surface area contributed by atoms with Crippen LogP contribution in [-0.2, 0) is 26.2 Å². The van der Waals surface area contributed by atoms with E-state index in [-0.39, 0.29) is 23.0 Å². The maximum Gasteiger partial charge on any atom is 0.264 e. The van der Waals surface area contributed by atoms with Gasteiger partial charge in [-0.3, -0.25) is 13.9 Å². The number of amides is 2. The Hall–Kier alpha value is -3.85. The first-order valence-electron chi connectivity index (χ1n) is 13.7. The van der Waals surface area contributed by atoms with Crippen LogP contribution in [0.15, 0.2) is 77.7 Å². The van der Waals surface area contributed by atoms with Crippen LogP contribution in [0.5, 0.6) is 5.75 Å². The highest BCUT2D eigenvalue weighted by Crippen LogP contribution is 2.33. The number of benzene rings is 3. The number of ether oxygens (including phenoxy) is 1. The Morgan fingerprint density at radius 2 is 1.54 bits per heavy atom. The van der Waals surface area contributed by atoms with Crippen LogP contribution in [0.3, 0.4) is 0 Å². The van der Waals surface area contributed by atoms with Gasteiger partial charge in [-0.25, -0.2) is 8.42 Å². The zero-order valence-corrected chi connectivity index (χ0v) is 25.8. The van der Waals surface area contributed by atoms with E-state index >= 15 is 0 Å². The number of sulfonamides is 1. The third kappa shape index (κ3) is 8.10. The Bertz CT molecular complexity index is 1460. The largest absolute Gasteiger partial charge is 0.492 e. The first-order chi connectivity index (χ1) is 19.2. The number of carbonyl (C=O) groups is 2. The van der Waals surface area contributed by atoms with Gasteiger partial charge in [-0.15, -0.1) is 0 Å². The standard InChI is InChI=1S/C32H41N3O5S/c1-8-40-29-16-12-11-15-28(29)35(41(38,39)27-19-17-23(2)18-20-27)22-30(36)34(21-26-14-10-9-13-24(26)3)25(4)31(37)33-32(5,6)7/h9-20,25H,8,21-22H2,1-7H3,(H,33,37). The molecule has 3 aromatic rings. The van der Waals surface area contributed by atoms with Crippen molar-refractivity contribution in [1.82, 2.24) is 10.2 Å². The van der Waals surface area contributed by atoms with Crippen molar-refractivity contribution in [2.24, 2.45) is 0 Å². The average Bonchev–Trinajstić information content (AvgIpc) is 2.90. The van der Waals surface area contributed by atoms with Gasteiger partial charge in [-0.1, -0.05) is 54.1 Å². The quantitative estimate of drug-likeness (QED) is 0.336. The summed E-state index contributed by atoms with van der Waals surface area (Å²) in [6.45, 7) is 12.8. The molecule has 9 heteroatoms. The normalized spacial score (nSPS) is 12.4. The van der Waals surface area contributed by atoms with Gasteiger partial charge < -0.3 is 15.0 Å². The van der Waals surface area contributed by atoms with E-state index in [1.54, 1.807) is 50.2 Å². The van der Waals surface area contributed by atoms with Gasteiger partial charge in [-0.2, -0.15) is 0 Å². The van der Waals surface area contributed by atoms with E-state index in [4.69, 9.17) is 4.74 Å². The predicted molar refractivity (Wildman–Crippen MR) is 162 cm³/mol. The lowest BCUT2D eigenvalue weighted by atomic mass is 10.1. The van der Waals surface area contributed by atoms with E-state index in [0.717, 1.165) is 21.0 Å². The zero-order valence-electron chi connectivity index (χ0n) is 25.0. The van der Waals surface area contributed by atoms with E-state index in [1.165, 1.54) is 17.0 Å². The molecule has 3 aromatic carbocycles. The first-order valence-corrected chi connectivity index (χ1v) is 15.2. The monoisotopic (exact) mass is 579 g/mol. The number of nitrogens with one attached hydrogen (secondary N) is 1. The molecular weight excluding hydrogens is 538 g/mol. The van der Waals surface area contributed by atoms with Gasteiger partial charge in [0, 0.05) is 12.1 Å². The number of aryl methyl sites for hydroxylation is 2. The molecule has 0 heterocycles. The minimum absolute atomic E-state index is 0.0474. The Kier molecular flexibility index (Phi) is 10.2. The van der Waals surface area contributed by atoms with Gasteiger partial charge in [0.15, 0.2) is 0 Å². The van der Waals surface area contributed by atoms with Crippen molar-refractivity contribution in [3.63, 3.8) is 0 Å². The average molecular weight is 580 g/mol. The first kappa shape index (κ1) is 31.7. The molecule has 0 saturated carbocycles. The fraction of sp³-hybridized carbons (Fsp3) is 0.375. The highest BCUT2D eigenvalue weighted by atomic mass is 32.2. The summed E-state index contributed by atoms with van der Waals surface area (Å²) in [5.41, 5.74) is 2.45. The van der Waals surface area contributed by atoms with E-state index in [0.29, 0.717) is 12.4 Å². The number of hydrogen-bond donors (Lipinski definition) is 1. The van der Waals surface area contributed by atoms with Crippen molar-refractivity contribution < 1.29 is 22.7 Å². The van der Waals surface area contributed by atoms with Crippen LogP contribution in [0, 0.1) is 13.8 Å². The molecule has 3 rings (SSSR count). The second-order valence-corrected chi connectivity index (χ2v) is 13.0. The molecule has 220 valence electrons. The summed E-state index contributed by atoms with van der Waals surface area (Å²) in [6, 6.07) is 19.9. The number of nitrogens with zero attached hydrogens (tertiary/aromatic N) is 2. The van der Waals surface area contributed by atoms with E-state index in [2.05, 4.69) is 5.32 Å². The van der Waals surface area contributed by atoms with Gasteiger partial charge in [0.25, 0.3) is 10.0 Å². The molecule has 0 aromatic heterocycles. The highest BCUT2D eigenvalue weighted by molar-refractivity contribution is 7.92. The summed E-state index contributed by atoms with van der Waals surface area (Å²) in [6.07, 6.45) is 0. The summed E-state index contributed by atoms with van der Waals surface area (Å²) in [5, 5.41) is 2.94. The van der Waals surface area contributed by atoms with Crippen molar-refractivity contribution in [2.45, 2.75) is 71.5 Å². The van der Waals surface area contributed by atoms with Gasteiger partial charge in [0.1, 0.15) is 18.3 Å². The molecule has 0 aliphatic carbocycles. The van der Waals surface area contributed by atoms with Crippen LogP contribution >= 0.6 is 0 Å². The molecule has 0 saturated heterocycles. The van der Waals surface area contributed by atoms with Gasteiger partial charge in [-0.05, 0) is 83.9 Å². The topological polar surface area (TPSA) is 96.0 Å². The Labute approximate surface area is 244 Å². The summed E-state index contributed by atoms with van der Waals surface area (Å²) in [7, 11) is -4.19. The molecule has 41 heavy (non-hydrogen) atoms. The van der Waals surface area contributed by atoms with Crippen molar-refractivity contribution in [2.75, 3.05) is 17.5 Å². The number of para-hydroxylation sites is 2. The molecule has 8 nitrogen and oxygen atoms in total. The Balaban J connectivity index is 2.10. The maximum atomic E-state index is 14.2. The maximum absolute atomic E-state index is 14.2. The number of hydrogen-bond acceptors (Lipinski definition) is 5. The molecule has 2 amide bonds. The highest BCUT2D eigenvalue weighted by Gasteiger charge is 2.34. The second kappa shape index (κ2) is 13.2. The number of rotatable bonds is 11. The molecule has 0 radical (unpaired) electrons. The molecule has 1 N–H and O–H groups in total. The van der Waals surface area contributed by atoms with E-state index < -0.39 is 34.1 Å². The Morgan fingerprint density at radius 3 is 2.15 bits per heavy atom. The Morgan fingerprint density at radius 1 is 0.927 bits per heavy atom. The van der Waals surface area contributed by atoms with E-state index in [1.807, 2.05) is 58.9 Å². The molecular formula is C32H41N3O5S. The third-order valence-corrected chi connectivity index (χ3v) is 8.36. The van der Waals surface area contributed by atoms with Crippen molar-refractivity contribution in [1.29, 1.82) is 0 Å². The summed E-state index contributed by atoms with van der Waals surface area (Å²) < 4.78 is 35.0. The zero-order chi connectivity index (χ0) is 30.4. The lowest BCUT2D eigenvalue weighted by molar-refractivity contribution is -0.140. The third-order valence-electron chi connectivity index (χ3n) is 6.59. The number of anilines is 1. The van der Waals surface area contributed by atoms with Crippen molar-refractivity contribution in [3.8, 4) is 5.75 Å². The van der Waals surface area contributed by atoms with Crippen LogP contribution in [0.2, 0.25) is 0 Å². The van der Waals surface area contributed by atoms with Crippen LogP contribution in [-0.4, -0.2) is 49.9 Å². The van der Waals surface area contributed by atoms with Gasteiger partial charge >= 0.3 is 0 Å². The summed E-state index contributed by atoms with van der Waals surface area (Å²) >= 11 is 0. The van der Waals surface area contributed by atoms with Crippen LogP contribution in [0.4, 0.5) is 5.69 Å². The minimum Gasteiger partial charge on any atom is -0.492 e. The van der Waals surface area contributed by atoms with Crippen LogP contribution < -0.4 is 14.4 Å². The molecule has 0 aliphatic heterocycles. The second-order valence-electron chi connectivity index (χ2n) is 11.1. The molecule has 0 bridgehead atoms. The minimum atomic E-state index is -4.19. The lowest BCUT2D eigenvalue weighted by Crippen LogP contribution is -2.54.